The lowest BCUT2D eigenvalue weighted by Gasteiger charge is -2.26. The van der Waals surface area contributed by atoms with Gasteiger partial charge in [-0.15, -0.1) is 0 Å². The van der Waals surface area contributed by atoms with Crippen molar-refractivity contribution in [1.82, 2.24) is 4.57 Å². The van der Waals surface area contributed by atoms with Gasteiger partial charge < -0.3 is 9.47 Å². The topological polar surface area (TPSA) is 8.17 Å². The van der Waals surface area contributed by atoms with E-state index in [4.69, 9.17) is 0 Å². The first-order chi connectivity index (χ1) is 27.8. The minimum absolute atomic E-state index is 1.11. The minimum atomic E-state index is 1.11. The summed E-state index contributed by atoms with van der Waals surface area (Å²) in [6.45, 7) is 0. The fourth-order valence-corrected chi connectivity index (χ4v) is 8.63. The SMILES string of the molecule is c1ccc(N(c2ccc(-c3ccc(-n4c5ccc6ccccc6c5c5c6ccccc6ccc54)cc3)cc2)c2ccc(-c3ccc4ccccc4c3)cc2)cc1. The number of hydrogen-bond acceptors (Lipinski definition) is 1. The van der Waals surface area contributed by atoms with Gasteiger partial charge in [0.1, 0.15) is 0 Å². The molecule has 0 aliphatic heterocycles. The molecule has 262 valence electrons. The molecule has 0 aliphatic rings. The van der Waals surface area contributed by atoms with Crippen molar-refractivity contribution in [3.8, 4) is 27.9 Å². The average molecular weight is 713 g/mol. The van der Waals surface area contributed by atoms with E-state index in [1.54, 1.807) is 0 Å². The van der Waals surface area contributed by atoms with E-state index < -0.39 is 0 Å². The summed E-state index contributed by atoms with van der Waals surface area (Å²) in [6.07, 6.45) is 0. The van der Waals surface area contributed by atoms with Crippen LogP contribution in [0, 0.1) is 0 Å². The molecule has 0 fully saturated rings. The molecular formula is C54H36N2. The number of fused-ring (bicyclic) bond motifs is 8. The Morgan fingerprint density at radius 3 is 1.27 bits per heavy atom. The average Bonchev–Trinajstić information content (AvgIpc) is 3.63. The molecule has 11 aromatic rings. The molecule has 0 amide bonds. The molecule has 11 rings (SSSR count). The molecule has 10 aromatic carbocycles. The van der Waals surface area contributed by atoms with Crippen LogP contribution in [-0.4, -0.2) is 4.57 Å². The van der Waals surface area contributed by atoms with Gasteiger partial charge in [0.25, 0.3) is 0 Å². The van der Waals surface area contributed by atoms with Gasteiger partial charge in [-0.1, -0.05) is 152 Å². The van der Waals surface area contributed by atoms with E-state index >= 15 is 0 Å². The number of nitrogens with zero attached hydrogens (tertiary/aromatic N) is 2. The zero-order chi connectivity index (χ0) is 37.0. The molecule has 0 spiro atoms. The van der Waals surface area contributed by atoms with Crippen LogP contribution in [-0.2, 0) is 0 Å². The van der Waals surface area contributed by atoms with Crippen molar-refractivity contribution >= 4 is 71.2 Å². The van der Waals surface area contributed by atoms with Gasteiger partial charge in [-0.2, -0.15) is 0 Å². The maximum atomic E-state index is 2.43. The summed E-state index contributed by atoms with van der Waals surface area (Å²) >= 11 is 0. The van der Waals surface area contributed by atoms with E-state index in [0.29, 0.717) is 0 Å². The van der Waals surface area contributed by atoms with Gasteiger partial charge >= 0.3 is 0 Å². The van der Waals surface area contributed by atoms with E-state index in [1.165, 1.54) is 76.4 Å². The smallest absolute Gasteiger partial charge is 0.0547 e. The Morgan fingerprint density at radius 2 is 0.696 bits per heavy atom. The largest absolute Gasteiger partial charge is 0.311 e. The Labute approximate surface area is 325 Å². The number of benzene rings is 10. The van der Waals surface area contributed by atoms with Crippen LogP contribution >= 0.6 is 0 Å². The van der Waals surface area contributed by atoms with Crippen molar-refractivity contribution in [2.45, 2.75) is 0 Å². The molecule has 0 bridgehead atoms. The summed E-state index contributed by atoms with van der Waals surface area (Å²) in [6, 6.07) is 79.3. The normalized spacial score (nSPS) is 11.6. The number of hydrogen-bond donors (Lipinski definition) is 0. The molecule has 0 aliphatic carbocycles. The van der Waals surface area contributed by atoms with E-state index in [2.05, 4.69) is 228 Å². The number of para-hydroxylation sites is 1. The highest BCUT2D eigenvalue weighted by molar-refractivity contribution is 6.28. The van der Waals surface area contributed by atoms with E-state index in [-0.39, 0.29) is 0 Å². The van der Waals surface area contributed by atoms with E-state index in [0.717, 1.165) is 22.7 Å². The molecule has 2 heteroatoms. The van der Waals surface area contributed by atoms with Crippen molar-refractivity contribution in [3.05, 3.63) is 218 Å². The lowest BCUT2D eigenvalue weighted by Crippen LogP contribution is -2.09. The fraction of sp³-hybridized carbons (Fsp3) is 0. The second-order valence-corrected chi connectivity index (χ2v) is 14.6. The van der Waals surface area contributed by atoms with Gasteiger partial charge in [0.15, 0.2) is 0 Å². The van der Waals surface area contributed by atoms with Gasteiger partial charge in [0.2, 0.25) is 0 Å². The second-order valence-electron chi connectivity index (χ2n) is 14.6. The summed E-state index contributed by atoms with van der Waals surface area (Å²) in [4.78, 5) is 2.33. The molecule has 0 N–H and O–H groups in total. The summed E-state index contributed by atoms with van der Waals surface area (Å²) in [7, 11) is 0. The molecule has 1 heterocycles. The van der Waals surface area contributed by atoms with Crippen molar-refractivity contribution in [2.75, 3.05) is 4.90 Å². The zero-order valence-electron chi connectivity index (χ0n) is 30.7. The molecule has 1 aromatic heterocycles. The van der Waals surface area contributed by atoms with Crippen molar-refractivity contribution in [3.63, 3.8) is 0 Å². The van der Waals surface area contributed by atoms with Crippen LogP contribution in [0.1, 0.15) is 0 Å². The van der Waals surface area contributed by atoms with Gasteiger partial charge in [0.05, 0.1) is 11.0 Å². The molecule has 0 saturated heterocycles. The molecule has 0 radical (unpaired) electrons. The van der Waals surface area contributed by atoms with E-state index in [1.807, 2.05) is 0 Å². The first kappa shape index (κ1) is 32.0. The number of anilines is 3. The predicted octanol–water partition coefficient (Wildman–Crippen LogP) is 15.0. The Balaban J connectivity index is 0.946. The van der Waals surface area contributed by atoms with Gasteiger partial charge in [-0.25, -0.2) is 0 Å². The minimum Gasteiger partial charge on any atom is -0.311 e. The van der Waals surface area contributed by atoms with Crippen LogP contribution in [0.25, 0.3) is 82.1 Å². The van der Waals surface area contributed by atoms with Crippen LogP contribution in [0.5, 0.6) is 0 Å². The van der Waals surface area contributed by atoms with Crippen LogP contribution in [0.2, 0.25) is 0 Å². The van der Waals surface area contributed by atoms with Crippen LogP contribution in [0.15, 0.2) is 218 Å². The third-order valence-electron chi connectivity index (χ3n) is 11.4. The summed E-state index contributed by atoms with van der Waals surface area (Å²) in [5, 5.41) is 10.2. The van der Waals surface area contributed by atoms with Crippen LogP contribution in [0.3, 0.4) is 0 Å². The Kier molecular flexibility index (Phi) is 7.53. The molecule has 0 saturated carbocycles. The van der Waals surface area contributed by atoms with Crippen LogP contribution in [0.4, 0.5) is 17.1 Å². The first-order valence-corrected chi connectivity index (χ1v) is 19.3. The second kappa shape index (κ2) is 13.2. The van der Waals surface area contributed by atoms with Crippen molar-refractivity contribution < 1.29 is 0 Å². The predicted molar refractivity (Wildman–Crippen MR) is 239 cm³/mol. The van der Waals surface area contributed by atoms with Gasteiger partial charge in [-0.3, -0.25) is 0 Å². The van der Waals surface area contributed by atoms with Crippen molar-refractivity contribution in [1.29, 1.82) is 0 Å². The zero-order valence-corrected chi connectivity index (χ0v) is 30.7. The maximum Gasteiger partial charge on any atom is 0.0547 e. The molecule has 2 nitrogen and oxygen atoms in total. The summed E-state index contributed by atoms with van der Waals surface area (Å²) in [5.41, 5.74) is 11.7. The fourth-order valence-electron chi connectivity index (χ4n) is 8.63. The molecular weight excluding hydrogens is 677 g/mol. The Hall–Kier alpha value is -7.42. The van der Waals surface area contributed by atoms with Gasteiger partial charge in [-0.05, 0) is 121 Å². The lowest BCUT2D eigenvalue weighted by atomic mass is 10.00. The standard InChI is InChI=1S/C54H36N2/c1-2-14-45(15-3-1)55(47-30-24-40(25-31-47)44-19-18-37-10-4-5-13-43(37)36-44)46-28-20-38(21-29-46)39-22-32-48(33-23-39)56-51-34-26-41-11-6-8-16-49(41)53(51)54-50-17-9-7-12-42(50)27-35-52(54)56/h1-36H. The quantitative estimate of drug-likeness (QED) is 0.167. The molecule has 0 atom stereocenters. The Morgan fingerprint density at radius 1 is 0.286 bits per heavy atom. The monoisotopic (exact) mass is 712 g/mol. The highest BCUT2D eigenvalue weighted by Gasteiger charge is 2.18. The number of aromatic nitrogens is 1. The molecule has 0 unspecified atom stereocenters. The van der Waals surface area contributed by atoms with Gasteiger partial charge in [0, 0.05) is 33.5 Å². The molecule has 56 heavy (non-hydrogen) atoms. The summed E-state index contributed by atoms with van der Waals surface area (Å²) < 4.78 is 2.43. The maximum absolute atomic E-state index is 2.43. The van der Waals surface area contributed by atoms with E-state index in [9.17, 15) is 0 Å². The first-order valence-electron chi connectivity index (χ1n) is 19.3. The third kappa shape index (κ3) is 5.34. The van der Waals surface area contributed by atoms with Crippen LogP contribution < -0.4 is 4.90 Å². The highest BCUT2D eigenvalue weighted by Crippen LogP contribution is 2.41. The van der Waals surface area contributed by atoms with Crippen molar-refractivity contribution in [2.24, 2.45) is 0 Å². The third-order valence-corrected chi connectivity index (χ3v) is 11.4. The summed E-state index contributed by atoms with van der Waals surface area (Å²) in [5.74, 6) is 0. The number of rotatable bonds is 6. The lowest BCUT2D eigenvalue weighted by molar-refractivity contribution is 1.18. The highest BCUT2D eigenvalue weighted by atomic mass is 15.1. The Bertz CT molecular complexity index is 3120.